The number of hydrogen-bond donors (Lipinski definition) is 2. The third kappa shape index (κ3) is 3.33. The molecule has 0 saturated heterocycles. The number of carbonyl (C=O) groups is 1. The Hall–Kier alpha value is -3.32. The van der Waals surface area contributed by atoms with Crippen molar-refractivity contribution in [2.75, 3.05) is 11.5 Å². The number of fused-ring (bicyclic) bond motifs is 2. The molecule has 7 heteroatoms. The largest absolute Gasteiger partial charge is 0.398 e. The molecule has 1 aliphatic carbocycles. The molecule has 0 radical (unpaired) electrons. The predicted octanol–water partition coefficient (Wildman–Crippen LogP) is 5.20. The number of aryl methyl sites for hydroxylation is 1. The van der Waals surface area contributed by atoms with Crippen molar-refractivity contribution >= 4 is 40.0 Å². The van der Waals surface area contributed by atoms with E-state index in [4.69, 9.17) is 11.5 Å². The number of benzene rings is 2. The number of carbonyl (C=O) groups excluding carboxylic acids is 1. The van der Waals surface area contributed by atoms with E-state index in [-0.39, 0.29) is 11.2 Å². The van der Waals surface area contributed by atoms with Crippen molar-refractivity contribution < 1.29 is 4.79 Å². The minimum atomic E-state index is -0.0900. The highest BCUT2D eigenvalue weighted by Crippen LogP contribution is 2.43. The van der Waals surface area contributed by atoms with Gasteiger partial charge in [-0.25, -0.2) is 9.97 Å². The lowest BCUT2D eigenvalue weighted by Crippen LogP contribution is -2.28. The number of Topliss-reactive ketones (excluding diaryl/α,β-unsaturated/α-hetero) is 1. The molecule has 0 amide bonds. The normalized spacial score (nSPS) is 15.2. The smallest absolute Gasteiger partial charge is 0.165 e. The molecule has 0 fully saturated rings. The summed E-state index contributed by atoms with van der Waals surface area (Å²) in [4.78, 5) is 23.6. The van der Waals surface area contributed by atoms with E-state index in [1.54, 1.807) is 11.8 Å². The second-order valence-corrected chi connectivity index (χ2v) is 10.2. The zero-order valence-corrected chi connectivity index (χ0v) is 19.2. The fourth-order valence-corrected chi connectivity index (χ4v) is 5.66. The summed E-state index contributed by atoms with van der Waals surface area (Å²) >= 11 is 1.56. The summed E-state index contributed by atoms with van der Waals surface area (Å²) in [5, 5.41) is 0.794. The summed E-state index contributed by atoms with van der Waals surface area (Å²) in [6.07, 6.45) is 4.94. The molecule has 4 N–H and O–H groups in total. The van der Waals surface area contributed by atoms with Crippen molar-refractivity contribution in [3.63, 3.8) is 0 Å². The first-order valence-electron chi connectivity index (χ1n) is 10.5. The van der Waals surface area contributed by atoms with Crippen LogP contribution in [-0.2, 0) is 6.42 Å². The van der Waals surface area contributed by atoms with Crippen LogP contribution in [0.15, 0.2) is 58.7 Å². The molecular weight excluding hydrogens is 418 g/mol. The Morgan fingerprint density at radius 2 is 1.84 bits per heavy atom. The van der Waals surface area contributed by atoms with E-state index in [0.717, 1.165) is 49.6 Å². The van der Waals surface area contributed by atoms with Crippen molar-refractivity contribution in [3.05, 3.63) is 65.7 Å². The van der Waals surface area contributed by atoms with Crippen LogP contribution in [0.5, 0.6) is 0 Å². The average molecular weight is 444 g/mol. The quantitative estimate of drug-likeness (QED) is 0.422. The predicted molar refractivity (Wildman–Crippen MR) is 129 cm³/mol. The number of nitrogen functional groups attached to an aromatic ring is 2. The minimum Gasteiger partial charge on any atom is -0.398 e. The highest BCUT2D eigenvalue weighted by atomic mass is 32.2. The summed E-state index contributed by atoms with van der Waals surface area (Å²) in [5.74, 6) is 0.646. The maximum absolute atomic E-state index is 13.0. The lowest BCUT2D eigenvalue weighted by atomic mass is 9.75. The van der Waals surface area contributed by atoms with E-state index in [9.17, 15) is 4.79 Å². The number of ketones is 1. The highest BCUT2D eigenvalue weighted by molar-refractivity contribution is 7.99. The van der Waals surface area contributed by atoms with Gasteiger partial charge >= 0.3 is 0 Å². The van der Waals surface area contributed by atoms with Gasteiger partial charge in [0.15, 0.2) is 5.78 Å². The standard InChI is InChI=1S/C25H25N5OS/c1-14-12-30(18-10-25(2,3)11-19(31)21(14)18)17-9-8-15-22(28-13-29-24(15)27)23(17)32-20-7-5-4-6-16(20)26/h4-9,12-13H,10-11,26H2,1-3H3,(H2,27,28,29). The average Bonchev–Trinajstić information content (AvgIpc) is 3.05. The van der Waals surface area contributed by atoms with Gasteiger partial charge in [0.05, 0.1) is 16.1 Å². The molecule has 0 aliphatic heterocycles. The Morgan fingerprint density at radius 3 is 2.62 bits per heavy atom. The summed E-state index contributed by atoms with van der Waals surface area (Å²) in [6.45, 7) is 6.30. The number of hydrogen-bond acceptors (Lipinski definition) is 6. The van der Waals surface area contributed by atoms with Gasteiger partial charge in [0.1, 0.15) is 12.1 Å². The van der Waals surface area contributed by atoms with Crippen LogP contribution in [0.1, 0.15) is 41.9 Å². The summed E-state index contributed by atoms with van der Waals surface area (Å²) < 4.78 is 2.16. The fraction of sp³-hybridized carbons (Fsp3) is 0.240. The molecule has 0 atom stereocenters. The summed E-state index contributed by atoms with van der Waals surface area (Å²) in [7, 11) is 0. The van der Waals surface area contributed by atoms with Gasteiger partial charge < -0.3 is 16.0 Å². The number of para-hydroxylation sites is 1. The van der Waals surface area contributed by atoms with Crippen LogP contribution in [0.25, 0.3) is 16.6 Å². The van der Waals surface area contributed by atoms with Gasteiger partial charge in [0, 0.05) is 39.8 Å². The molecule has 0 saturated carbocycles. The summed E-state index contributed by atoms with van der Waals surface area (Å²) in [6, 6.07) is 11.8. The molecule has 5 rings (SSSR count). The molecule has 4 aromatic rings. The molecule has 32 heavy (non-hydrogen) atoms. The van der Waals surface area contributed by atoms with Crippen LogP contribution >= 0.6 is 11.8 Å². The Balaban J connectivity index is 1.79. The van der Waals surface area contributed by atoms with E-state index in [2.05, 4.69) is 34.6 Å². The molecule has 2 heterocycles. The third-order valence-electron chi connectivity index (χ3n) is 6.02. The van der Waals surface area contributed by atoms with Gasteiger partial charge in [-0.1, -0.05) is 37.7 Å². The number of nitrogens with zero attached hydrogens (tertiary/aromatic N) is 3. The lowest BCUT2D eigenvalue weighted by molar-refractivity contribution is 0.0910. The summed E-state index contributed by atoms with van der Waals surface area (Å²) in [5.41, 5.74) is 17.7. The van der Waals surface area contributed by atoms with Crippen molar-refractivity contribution in [2.24, 2.45) is 5.41 Å². The fourth-order valence-electron chi connectivity index (χ4n) is 4.58. The van der Waals surface area contributed by atoms with Gasteiger partial charge in [-0.3, -0.25) is 4.79 Å². The Kier molecular flexibility index (Phi) is 4.74. The van der Waals surface area contributed by atoms with Crippen LogP contribution in [0.3, 0.4) is 0 Å². The van der Waals surface area contributed by atoms with Crippen LogP contribution < -0.4 is 11.5 Å². The first kappa shape index (κ1) is 20.6. The Bertz CT molecular complexity index is 1390. The second kappa shape index (κ2) is 7.38. The molecule has 162 valence electrons. The SMILES string of the molecule is Cc1cn(-c2ccc3c(N)ncnc3c2Sc2ccccc2N)c2c1C(=O)CC(C)(C)C2. The molecule has 0 unspecified atom stereocenters. The molecule has 2 aromatic heterocycles. The molecule has 1 aliphatic rings. The monoisotopic (exact) mass is 443 g/mol. The van der Waals surface area contributed by atoms with Gasteiger partial charge in [-0.2, -0.15) is 0 Å². The number of anilines is 2. The maximum atomic E-state index is 13.0. The van der Waals surface area contributed by atoms with Gasteiger partial charge in [0.25, 0.3) is 0 Å². The van der Waals surface area contributed by atoms with Crippen LogP contribution in [0.4, 0.5) is 11.5 Å². The van der Waals surface area contributed by atoms with E-state index < -0.39 is 0 Å². The van der Waals surface area contributed by atoms with E-state index in [1.807, 2.05) is 43.3 Å². The molecule has 0 bridgehead atoms. The van der Waals surface area contributed by atoms with Crippen molar-refractivity contribution in [1.82, 2.24) is 14.5 Å². The topological polar surface area (TPSA) is 99.8 Å². The Morgan fingerprint density at radius 1 is 1.06 bits per heavy atom. The van der Waals surface area contributed by atoms with E-state index in [0.29, 0.717) is 17.9 Å². The van der Waals surface area contributed by atoms with Gasteiger partial charge in [-0.05, 0) is 48.6 Å². The number of aromatic nitrogens is 3. The molecule has 2 aromatic carbocycles. The number of rotatable bonds is 3. The lowest BCUT2D eigenvalue weighted by Gasteiger charge is -2.30. The van der Waals surface area contributed by atoms with Crippen molar-refractivity contribution in [1.29, 1.82) is 0 Å². The zero-order chi connectivity index (χ0) is 22.6. The Labute approximate surface area is 191 Å². The second-order valence-electron chi connectivity index (χ2n) is 9.15. The van der Waals surface area contributed by atoms with Crippen LogP contribution in [0.2, 0.25) is 0 Å². The van der Waals surface area contributed by atoms with E-state index >= 15 is 0 Å². The minimum absolute atomic E-state index is 0.0900. The van der Waals surface area contributed by atoms with Crippen molar-refractivity contribution in [3.8, 4) is 5.69 Å². The van der Waals surface area contributed by atoms with E-state index in [1.165, 1.54) is 6.33 Å². The van der Waals surface area contributed by atoms with Gasteiger partial charge in [-0.15, -0.1) is 0 Å². The highest BCUT2D eigenvalue weighted by Gasteiger charge is 2.35. The maximum Gasteiger partial charge on any atom is 0.165 e. The van der Waals surface area contributed by atoms with Crippen LogP contribution in [0, 0.1) is 12.3 Å². The molecule has 0 spiro atoms. The third-order valence-corrected chi connectivity index (χ3v) is 7.22. The zero-order valence-electron chi connectivity index (χ0n) is 18.3. The van der Waals surface area contributed by atoms with Gasteiger partial charge in [0.2, 0.25) is 0 Å². The van der Waals surface area contributed by atoms with Crippen LogP contribution in [-0.4, -0.2) is 20.3 Å². The molecule has 6 nitrogen and oxygen atoms in total. The molecular formula is C25H25N5OS. The van der Waals surface area contributed by atoms with Crippen molar-refractivity contribution in [2.45, 2.75) is 43.4 Å². The first-order valence-corrected chi connectivity index (χ1v) is 11.4. The first-order chi connectivity index (χ1) is 15.2. The number of nitrogens with two attached hydrogens (primary N) is 2.